The van der Waals surface area contributed by atoms with Gasteiger partial charge in [0.05, 0.1) is 0 Å². The van der Waals surface area contributed by atoms with Crippen LogP contribution in [-0.4, -0.2) is 61.3 Å². The van der Waals surface area contributed by atoms with E-state index in [1.807, 2.05) is 20.8 Å². The fraction of sp³-hybridized carbons (Fsp3) is 0.867. The number of hydrogen-bond donors (Lipinski definition) is 1. The Kier molecular flexibility index (Phi) is 8.14. The van der Waals surface area contributed by atoms with Gasteiger partial charge in [0.15, 0.2) is 0 Å². The minimum absolute atomic E-state index is 0.118. The van der Waals surface area contributed by atoms with Gasteiger partial charge >= 0.3 is 12.1 Å². The number of urea groups is 1. The standard InChI is InChI=1S/C15H31N3O3/c1-8-12(2)11-18(7)13(19)16-9-10-17(6)14(20)21-15(3,4)5/h12H,8-11H2,1-7H3,(H,16,19). The van der Waals surface area contributed by atoms with Gasteiger partial charge in [-0.2, -0.15) is 0 Å². The zero-order valence-corrected chi connectivity index (χ0v) is 14.5. The van der Waals surface area contributed by atoms with Crippen LogP contribution in [0.3, 0.4) is 0 Å². The highest BCUT2D eigenvalue weighted by Gasteiger charge is 2.19. The average Bonchev–Trinajstić information content (AvgIpc) is 2.35. The maximum Gasteiger partial charge on any atom is 0.410 e. The van der Waals surface area contributed by atoms with Gasteiger partial charge in [0.2, 0.25) is 0 Å². The zero-order valence-electron chi connectivity index (χ0n) is 14.5. The number of hydrogen-bond acceptors (Lipinski definition) is 3. The molecule has 0 rings (SSSR count). The van der Waals surface area contributed by atoms with Crippen LogP contribution in [-0.2, 0) is 4.74 Å². The molecule has 0 radical (unpaired) electrons. The molecule has 6 nitrogen and oxygen atoms in total. The average molecular weight is 301 g/mol. The molecule has 0 aliphatic heterocycles. The van der Waals surface area contributed by atoms with Gasteiger partial charge in [-0.25, -0.2) is 9.59 Å². The molecule has 0 aromatic rings. The molecule has 124 valence electrons. The number of carbonyl (C=O) groups excluding carboxylic acids is 2. The van der Waals surface area contributed by atoms with Gasteiger partial charge in [0, 0.05) is 33.7 Å². The number of nitrogens with zero attached hydrogens (tertiary/aromatic N) is 2. The fourth-order valence-corrected chi connectivity index (χ4v) is 1.58. The van der Waals surface area contributed by atoms with Crippen LogP contribution < -0.4 is 5.32 Å². The van der Waals surface area contributed by atoms with Crippen molar-refractivity contribution >= 4 is 12.1 Å². The second kappa shape index (κ2) is 8.74. The summed E-state index contributed by atoms with van der Waals surface area (Å²) in [6.07, 6.45) is 0.656. The van der Waals surface area contributed by atoms with Crippen LogP contribution in [0.2, 0.25) is 0 Å². The first kappa shape index (κ1) is 19.5. The number of likely N-dealkylation sites (N-methyl/N-ethyl adjacent to an activating group) is 1. The third-order valence-corrected chi connectivity index (χ3v) is 3.06. The summed E-state index contributed by atoms with van der Waals surface area (Å²) in [5.41, 5.74) is -0.509. The third kappa shape index (κ3) is 9.15. The Bertz CT molecular complexity index is 340. The summed E-state index contributed by atoms with van der Waals surface area (Å²) in [6, 6.07) is -0.118. The monoisotopic (exact) mass is 301 g/mol. The van der Waals surface area contributed by atoms with E-state index >= 15 is 0 Å². The summed E-state index contributed by atoms with van der Waals surface area (Å²) in [7, 11) is 3.43. The lowest BCUT2D eigenvalue weighted by molar-refractivity contribution is 0.0300. The first-order chi connectivity index (χ1) is 9.56. The minimum atomic E-state index is -0.509. The van der Waals surface area contributed by atoms with Crippen molar-refractivity contribution in [3.63, 3.8) is 0 Å². The Morgan fingerprint density at radius 2 is 1.76 bits per heavy atom. The van der Waals surface area contributed by atoms with Gasteiger partial charge in [-0.15, -0.1) is 0 Å². The van der Waals surface area contributed by atoms with E-state index < -0.39 is 5.60 Å². The van der Waals surface area contributed by atoms with E-state index in [9.17, 15) is 9.59 Å². The highest BCUT2D eigenvalue weighted by atomic mass is 16.6. The number of ether oxygens (including phenoxy) is 1. The van der Waals surface area contributed by atoms with E-state index in [1.165, 1.54) is 4.90 Å². The van der Waals surface area contributed by atoms with E-state index in [1.54, 1.807) is 19.0 Å². The molecular formula is C15H31N3O3. The topological polar surface area (TPSA) is 61.9 Å². The van der Waals surface area contributed by atoms with Crippen molar-refractivity contribution in [2.75, 3.05) is 33.7 Å². The summed E-state index contributed by atoms with van der Waals surface area (Å²) >= 11 is 0. The van der Waals surface area contributed by atoms with Gasteiger partial charge in [-0.05, 0) is 26.7 Å². The number of nitrogens with one attached hydrogen (secondary N) is 1. The molecule has 0 aromatic carbocycles. The predicted molar refractivity (Wildman–Crippen MR) is 84.3 cm³/mol. The van der Waals surface area contributed by atoms with Crippen molar-refractivity contribution in [1.29, 1.82) is 0 Å². The molecule has 1 atom stereocenters. The highest BCUT2D eigenvalue weighted by molar-refractivity contribution is 5.74. The lowest BCUT2D eigenvalue weighted by Gasteiger charge is -2.25. The van der Waals surface area contributed by atoms with Crippen LogP contribution in [0, 0.1) is 5.92 Å². The van der Waals surface area contributed by atoms with Gasteiger partial charge in [0.1, 0.15) is 5.60 Å². The summed E-state index contributed by atoms with van der Waals surface area (Å²) < 4.78 is 5.24. The molecule has 6 heteroatoms. The van der Waals surface area contributed by atoms with Crippen LogP contribution >= 0.6 is 0 Å². The fourth-order valence-electron chi connectivity index (χ4n) is 1.58. The number of carbonyl (C=O) groups is 2. The molecule has 0 saturated carbocycles. The number of rotatable bonds is 6. The van der Waals surface area contributed by atoms with Crippen molar-refractivity contribution < 1.29 is 14.3 Å². The van der Waals surface area contributed by atoms with Crippen molar-refractivity contribution in [3.8, 4) is 0 Å². The SMILES string of the molecule is CCC(C)CN(C)C(=O)NCCN(C)C(=O)OC(C)(C)C. The Hall–Kier alpha value is -1.46. The maximum absolute atomic E-state index is 11.9. The van der Waals surface area contributed by atoms with Crippen molar-refractivity contribution in [3.05, 3.63) is 0 Å². The summed E-state index contributed by atoms with van der Waals surface area (Å²) in [4.78, 5) is 26.7. The molecule has 0 spiro atoms. The molecule has 1 unspecified atom stereocenters. The van der Waals surface area contributed by atoms with Crippen molar-refractivity contribution in [2.45, 2.75) is 46.6 Å². The van der Waals surface area contributed by atoms with E-state index in [0.717, 1.165) is 13.0 Å². The van der Waals surface area contributed by atoms with Gasteiger partial charge in [-0.3, -0.25) is 0 Å². The van der Waals surface area contributed by atoms with E-state index in [-0.39, 0.29) is 12.1 Å². The molecule has 0 aliphatic carbocycles. The van der Waals surface area contributed by atoms with Gasteiger partial charge in [-0.1, -0.05) is 20.3 Å². The van der Waals surface area contributed by atoms with Crippen LogP contribution in [0.25, 0.3) is 0 Å². The van der Waals surface area contributed by atoms with E-state index in [2.05, 4.69) is 19.2 Å². The second-order valence-electron chi connectivity index (χ2n) is 6.53. The number of amides is 3. The lowest BCUT2D eigenvalue weighted by atomic mass is 10.1. The van der Waals surface area contributed by atoms with Crippen LogP contribution in [0.15, 0.2) is 0 Å². The van der Waals surface area contributed by atoms with E-state index in [4.69, 9.17) is 4.74 Å². The maximum atomic E-state index is 11.9. The molecule has 0 bridgehead atoms. The smallest absolute Gasteiger partial charge is 0.410 e. The molecule has 0 aromatic heterocycles. The van der Waals surface area contributed by atoms with Crippen LogP contribution in [0.1, 0.15) is 41.0 Å². The molecule has 0 aliphatic rings. The van der Waals surface area contributed by atoms with Gasteiger partial charge in [0.25, 0.3) is 0 Å². The molecule has 1 N–H and O–H groups in total. The van der Waals surface area contributed by atoms with Crippen LogP contribution in [0.4, 0.5) is 9.59 Å². The second-order valence-corrected chi connectivity index (χ2v) is 6.53. The Morgan fingerprint density at radius 3 is 2.24 bits per heavy atom. The molecule has 0 saturated heterocycles. The van der Waals surface area contributed by atoms with Crippen molar-refractivity contribution in [2.24, 2.45) is 5.92 Å². The minimum Gasteiger partial charge on any atom is -0.444 e. The first-order valence-electron chi connectivity index (χ1n) is 7.50. The Labute approximate surface area is 128 Å². The predicted octanol–water partition coefficient (Wildman–Crippen LogP) is 2.54. The molecule has 3 amide bonds. The largest absolute Gasteiger partial charge is 0.444 e. The lowest BCUT2D eigenvalue weighted by Crippen LogP contribution is -2.43. The third-order valence-electron chi connectivity index (χ3n) is 3.06. The normalized spacial score (nSPS) is 12.5. The summed E-state index contributed by atoms with van der Waals surface area (Å²) in [5.74, 6) is 0.477. The Balaban J connectivity index is 4.02. The molecule has 21 heavy (non-hydrogen) atoms. The first-order valence-corrected chi connectivity index (χ1v) is 7.50. The van der Waals surface area contributed by atoms with Crippen molar-refractivity contribution in [1.82, 2.24) is 15.1 Å². The quantitative estimate of drug-likeness (QED) is 0.820. The molecule has 0 fully saturated rings. The zero-order chi connectivity index (χ0) is 16.6. The highest BCUT2D eigenvalue weighted by Crippen LogP contribution is 2.08. The molecular weight excluding hydrogens is 270 g/mol. The summed E-state index contributed by atoms with van der Waals surface area (Å²) in [6.45, 7) is 11.2. The van der Waals surface area contributed by atoms with E-state index in [0.29, 0.717) is 19.0 Å². The van der Waals surface area contributed by atoms with Gasteiger partial charge < -0.3 is 19.9 Å². The van der Waals surface area contributed by atoms with Crippen LogP contribution in [0.5, 0.6) is 0 Å². The Morgan fingerprint density at radius 1 is 1.19 bits per heavy atom. The molecule has 0 heterocycles. The summed E-state index contributed by atoms with van der Waals surface area (Å²) in [5, 5.41) is 2.80.